The second kappa shape index (κ2) is 1.96. The van der Waals surface area contributed by atoms with E-state index in [4.69, 9.17) is 5.73 Å². The lowest BCUT2D eigenvalue weighted by molar-refractivity contribution is 0.228. The van der Waals surface area contributed by atoms with E-state index in [0.717, 1.165) is 5.92 Å². The second-order valence-electron chi connectivity index (χ2n) is 3.41. The summed E-state index contributed by atoms with van der Waals surface area (Å²) in [4.78, 5) is 0. The zero-order valence-electron chi connectivity index (χ0n) is 6.25. The van der Waals surface area contributed by atoms with Gasteiger partial charge in [0.15, 0.2) is 0 Å². The molecule has 1 fully saturated rings. The Balaban J connectivity index is 2.15. The Morgan fingerprint density at radius 1 is 1.60 bits per heavy atom. The van der Waals surface area contributed by atoms with Crippen molar-refractivity contribution in [2.75, 3.05) is 0 Å². The maximum atomic E-state index is 5.80. The highest BCUT2D eigenvalue weighted by Gasteiger charge is 2.36. The lowest BCUT2D eigenvalue weighted by Gasteiger charge is -2.41. The molecule has 0 spiro atoms. The first kappa shape index (κ1) is 6.17. The molecule has 2 aliphatic carbocycles. The quantitative estimate of drug-likeness (QED) is 0.534. The summed E-state index contributed by atoms with van der Waals surface area (Å²) in [7, 11) is 0. The topological polar surface area (TPSA) is 26.0 Å². The third-order valence-electron chi connectivity index (χ3n) is 2.59. The Morgan fingerprint density at radius 2 is 2.40 bits per heavy atom. The molecular formula is C9H13N. The lowest BCUT2D eigenvalue weighted by Crippen LogP contribution is -2.46. The van der Waals surface area contributed by atoms with Crippen LogP contribution in [0.5, 0.6) is 0 Å². The number of nitrogens with two attached hydrogens (primary N) is 1. The zero-order chi connectivity index (χ0) is 7.14. The van der Waals surface area contributed by atoms with E-state index in [1.807, 2.05) is 0 Å². The van der Waals surface area contributed by atoms with Gasteiger partial charge in [-0.2, -0.15) is 0 Å². The molecular weight excluding hydrogens is 122 g/mol. The molecule has 0 aromatic heterocycles. The molecule has 0 saturated heterocycles. The van der Waals surface area contributed by atoms with E-state index in [9.17, 15) is 0 Å². The Morgan fingerprint density at radius 3 is 3.00 bits per heavy atom. The zero-order valence-corrected chi connectivity index (χ0v) is 6.25. The molecule has 3 atom stereocenters. The highest BCUT2D eigenvalue weighted by atomic mass is 14.7. The van der Waals surface area contributed by atoms with E-state index < -0.39 is 0 Å². The van der Waals surface area contributed by atoms with Crippen molar-refractivity contribution in [2.24, 2.45) is 17.6 Å². The van der Waals surface area contributed by atoms with Crippen molar-refractivity contribution in [3.8, 4) is 0 Å². The van der Waals surface area contributed by atoms with Gasteiger partial charge in [0.05, 0.1) is 0 Å². The molecule has 0 bridgehead atoms. The van der Waals surface area contributed by atoms with Gasteiger partial charge in [0.2, 0.25) is 0 Å². The molecule has 0 amide bonds. The first-order chi connectivity index (χ1) is 4.77. The summed E-state index contributed by atoms with van der Waals surface area (Å²) in [6.45, 7) is 2.15. The van der Waals surface area contributed by atoms with Gasteiger partial charge in [-0.3, -0.25) is 0 Å². The summed E-state index contributed by atoms with van der Waals surface area (Å²) in [5.74, 6) is 1.42. The van der Waals surface area contributed by atoms with Gasteiger partial charge in [-0.05, 0) is 25.2 Å². The van der Waals surface area contributed by atoms with E-state index >= 15 is 0 Å². The second-order valence-corrected chi connectivity index (χ2v) is 3.41. The molecule has 2 aliphatic rings. The first-order valence-corrected chi connectivity index (χ1v) is 3.89. The number of hydrogen-bond acceptors (Lipinski definition) is 1. The average molecular weight is 135 g/mol. The molecule has 0 aromatic rings. The minimum Gasteiger partial charge on any atom is -0.327 e. The highest BCUT2D eigenvalue weighted by Crippen LogP contribution is 2.38. The molecule has 1 saturated carbocycles. The first-order valence-electron chi connectivity index (χ1n) is 3.89. The van der Waals surface area contributed by atoms with Crippen LogP contribution in [0, 0.1) is 11.8 Å². The fourth-order valence-corrected chi connectivity index (χ4v) is 1.87. The maximum Gasteiger partial charge on any atom is 0.0113 e. The summed E-state index contributed by atoms with van der Waals surface area (Å²) < 4.78 is 0. The molecule has 2 rings (SSSR count). The molecule has 54 valence electrons. The van der Waals surface area contributed by atoms with Crippen molar-refractivity contribution >= 4 is 0 Å². The molecule has 1 nitrogen and oxygen atoms in total. The third-order valence-corrected chi connectivity index (χ3v) is 2.59. The number of rotatable bonds is 0. The summed E-state index contributed by atoms with van der Waals surface area (Å²) in [6.07, 6.45) is 7.97. The van der Waals surface area contributed by atoms with Crippen molar-refractivity contribution in [3.63, 3.8) is 0 Å². The van der Waals surface area contributed by atoms with Crippen molar-refractivity contribution in [2.45, 2.75) is 19.4 Å². The highest BCUT2D eigenvalue weighted by molar-refractivity contribution is 5.28. The van der Waals surface area contributed by atoms with Gasteiger partial charge in [-0.1, -0.05) is 23.8 Å². The molecule has 3 unspecified atom stereocenters. The fraction of sp³-hybridized carbons (Fsp3) is 0.556. The van der Waals surface area contributed by atoms with Crippen LogP contribution in [0.15, 0.2) is 23.8 Å². The van der Waals surface area contributed by atoms with Gasteiger partial charge < -0.3 is 5.73 Å². The van der Waals surface area contributed by atoms with Crippen LogP contribution in [0.4, 0.5) is 0 Å². The van der Waals surface area contributed by atoms with Gasteiger partial charge in [0, 0.05) is 6.04 Å². The van der Waals surface area contributed by atoms with Crippen LogP contribution in [0.2, 0.25) is 0 Å². The normalized spacial score (nSPS) is 43.8. The largest absolute Gasteiger partial charge is 0.327 e. The Hall–Kier alpha value is -0.560. The molecule has 0 aromatic carbocycles. The average Bonchev–Trinajstić information content (AvgIpc) is 1.86. The summed E-state index contributed by atoms with van der Waals surface area (Å²) >= 11 is 0. The van der Waals surface area contributed by atoms with E-state index in [2.05, 4.69) is 25.2 Å². The van der Waals surface area contributed by atoms with E-state index in [-0.39, 0.29) is 0 Å². The van der Waals surface area contributed by atoms with Crippen LogP contribution in [-0.2, 0) is 0 Å². The summed E-state index contributed by atoms with van der Waals surface area (Å²) in [6, 6.07) is 0.436. The fourth-order valence-electron chi connectivity index (χ4n) is 1.87. The van der Waals surface area contributed by atoms with Gasteiger partial charge >= 0.3 is 0 Å². The Labute approximate surface area is 61.6 Å². The molecule has 10 heavy (non-hydrogen) atoms. The van der Waals surface area contributed by atoms with Crippen molar-refractivity contribution < 1.29 is 0 Å². The molecule has 0 radical (unpaired) electrons. The number of hydrogen-bond donors (Lipinski definition) is 1. The van der Waals surface area contributed by atoms with E-state index in [0.29, 0.717) is 12.0 Å². The SMILES string of the molecule is CC1=CC2CC(N)C2C=C1. The Bertz CT molecular complexity index is 203. The number of fused-ring (bicyclic) bond motifs is 1. The van der Waals surface area contributed by atoms with Crippen LogP contribution in [0.3, 0.4) is 0 Å². The van der Waals surface area contributed by atoms with Crippen molar-refractivity contribution in [1.29, 1.82) is 0 Å². The van der Waals surface area contributed by atoms with Crippen LogP contribution >= 0.6 is 0 Å². The van der Waals surface area contributed by atoms with Gasteiger partial charge in [0.1, 0.15) is 0 Å². The van der Waals surface area contributed by atoms with Crippen molar-refractivity contribution in [3.05, 3.63) is 23.8 Å². The van der Waals surface area contributed by atoms with Gasteiger partial charge in [-0.15, -0.1) is 0 Å². The van der Waals surface area contributed by atoms with Crippen LogP contribution < -0.4 is 5.73 Å². The molecule has 1 heteroatoms. The van der Waals surface area contributed by atoms with Crippen LogP contribution in [0.25, 0.3) is 0 Å². The maximum absolute atomic E-state index is 5.80. The summed E-state index contributed by atoms with van der Waals surface area (Å²) in [5.41, 5.74) is 7.19. The molecule has 0 aliphatic heterocycles. The van der Waals surface area contributed by atoms with Crippen molar-refractivity contribution in [1.82, 2.24) is 0 Å². The minimum absolute atomic E-state index is 0.436. The Kier molecular flexibility index (Phi) is 1.21. The minimum atomic E-state index is 0.436. The third kappa shape index (κ3) is 0.739. The van der Waals surface area contributed by atoms with E-state index in [1.54, 1.807) is 0 Å². The predicted molar refractivity (Wildman–Crippen MR) is 42.5 cm³/mol. The monoisotopic (exact) mass is 135 g/mol. The van der Waals surface area contributed by atoms with Gasteiger partial charge in [0.25, 0.3) is 0 Å². The van der Waals surface area contributed by atoms with Crippen LogP contribution in [0.1, 0.15) is 13.3 Å². The standard InChI is InChI=1S/C9H13N/c1-6-2-3-8-7(4-6)5-9(8)10/h2-4,7-9H,5,10H2,1H3. The lowest BCUT2D eigenvalue weighted by atomic mass is 9.67. The predicted octanol–water partition coefficient (Wildman–Crippen LogP) is 1.47. The summed E-state index contributed by atoms with van der Waals surface area (Å²) in [5, 5.41) is 0. The number of allylic oxidation sites excluding steroid dienone is 3. The smallest absolute Gasteiger partial charge is 0.0113 e. The van der Waals surface area contributed by atoms with E-state index in [1.165, 1.54) is 12.0 Å². The van der Waals surface area contributed by atoms with Crippen LogP contribution in [-0.4, -0.2) is 6.04 Å². The van der Waals surface area contributed by atoms with Gasteiger partial charge in [-0.25, -0.2) is 0 Å². The molecule has 2 N–H and O–H groups in total. The molecule has 0 heterocycles.